The van der Waals surface area contributed by atoms with Gasteiger partial charge in [-0.1, -0.05) is 30.3 Å². The van der Waals surface area contributed by atoms with E-state index >= 15 is 0 Å². The van der Waals surface area contributed by atoms with E-state index in [2.05, 4.69) is 4.74 Å². The van der Waals surface area contributed by atoms with Crippen molar-refractivity contribution < 1.29 is 23.8 Å². The zero-order chi connectivity index (χ0) is 13.8. The number of carbonyl (C=O) groups is 2. The van der Waals surface area contributed by atoms with Crippen molar-refractivity contribution >= 4 is 11.9 Å². The Morgan fingerprint density at radius 3 is 2.53 bits per heavy atom. The highest BCUT2D eigenvalue weighted by Gasteiger charge is 2.25. The van der Waals surface area contributed by atoms with Crippen molar-refractivity contribution in [3.8, 4) is 0 Å². The van der Waals surface area contributed by atoms with Crippen molar-refractivity contribution in [2.24, 2.45) is 0 Å². The molecule has 5 heteroatoms. The van der Waals surface area contributed by atoms with Crippen LogP contribution in [0.1, 0.15) is 32.0 Å². The first-order chi connectivity index (χ1) is 9.13. The molecule has 98 valence electrons. The third-order valence-corrected chi connectivity index (χ3v) is 2.69. The lowest BCUT2D eigenvalue weighted by Crippen LogP contribution is -2.10. The molecule has 5 nitrogen and oxygen atoms in total. The number of carbonyl (C=O) groups excluding carboxylic acids is 1. The van der Waals surface area contributed by atoms with Gasteiger partial charge in [0.05, 0.1) is 7.11 Å². The summed E-state index contributed by atoms with van der Waals surface area (Å²) in [6, 6.07) is 9.31. The molecule has 0 radical (unpaired) electrons. The van der Waals surface area contributed by atoms with Crippen molar-refractivity contribution in [3.05, 3.63) is 59.0 Å². The van der Waals surface area contributed by atoms with Crippen LogP contribution < -0.4 is 0 Å². The summed E-state index contributed by atoms with van der Waals surface area (Å²) in [6.07, 6.45) is 1.39. The summed E-state index contributed by atoms with van der Waals surface area (Å²) in [4.78, 5) is 22.7. The number of hydrogen-bond donors (Lipinski definition) is 1. The van der Waals surface area contributed by atoms with E-state index in [1.165, 1.54) is 7.11 Å². The standard InChI is InChI=1S/C14H12O5/c1-18-14(17)12-10(13(15)16)8-19-11(12)7-9-5-3-2-4-6-9/h2-6,8H,7H2,1H3,(H,15,16). The molecule has 0 spiro atoms. The van der Waals surface area contributed by atoms with Crippen LogP contribution in [0.4, 0.5) is 0 Å². The fraction of sp³-hybridized carbons (Fsp3) is 0.143. The van der Waals surface area contributed by atoms with Gasteiger partial charge in [-0.2, -0.15) is 0 Å². The molecule has 2 rings (SSSR count). The van der Waals surface area contributed by atoms with Crippen LogP contribution in [-0.2, 0) is 11.2 Å². The Kier molecular flexibility index (Phi) is 3.66. The molecule has 19 heavy (non-hydrogen) atoms. The lowest BCUT2D eigenvalue weighted by Gasteiger charge is -2.02. The number of aromatic carboxylic acids is 1. The number of methoxy groups -OCH3 is 1. The molecule has 1 heterocycles. The Hall–Kier alpha value is -2.56. The van der Waals surface area contributed by atoms with Crippen LogP contribution in [0.5, 0.6) is 0 Å². The summed E-state index contributed by atoms with van der Waals surface area (Å²) in [5.74, 6) is -1.64. The first kappa shape index (κ1) is 12.9. The normalized spacial score (nSPS) is 10.2. The predicted molar refractivity (Wildman–Crippen MR) is 66.3 cm³/mol. The van der Waals surface area contributed by atoms with Crippen molar-refractivity contribution in [2.75, 3.05) is 7.11 Å². The number of carboxylic acids is 1. The van der Waals surface area contributed by atoms with E-state index in [4.69, 9.17) is 9.52 Å². The third-order valence-electron chi connectivity index (χ3n) is 2.69. The number of ether oxygens (including phenoxy) is 1. The molecule has 0 saturated carbocycles. The van der Waals surface area contributed by atoms with Crippen LogP contribution in [0.2, 0.25) is 0 Å². The van der Waals surface area contributed by atoms with E-state index in [0.717, 1.165) is 11.8 Å². The summed E-state index contributed by atoms with van der Waals surface area (Å²) in [7, 11) is 1.20. The van der Waals surface area contributed by atoms with Gasteiger partial charge >= 0.3 is 11.9 Å². The van der Waals surface area contributed by atoms with E-state index in [-0.39, 0.29) is 16.9 Å². The van der Waals surface area contributed by atoms with E-state index < -0.39 is 11.9 Å². The average molecular weight is 260 g/mol. The highest BCUT2D eigenvalue weighted by atomic mass is 16.5. The lowest BCUT2D eigenvalue weighted by atomic mass is 10.0. The van der Waals surface area contributed by atoms with Crippen molar-refractivity contribution in [3.63, 3.8) is 0 Å². The Morgan fingerprint density at radius 2 is 1.95 bits per heavy atom. The number of benzene rings is 1. The van der Waals surface area contributed by atoms with Crippen LogP contribution in [0, 0.1) is 0 Å². The van der Waals surface area contributed by atoms with Crippen molar-refractivity contribution in [1.82, 2.24) is 0 Å². The molecule has 0 bridgehead atoms. The number of furan rings is 1. The number of rotatable bonds is 4. The van der Waals surface area contributed by atoms with Crippen molar-refractivity contribution in [2.45, 2.75) is 6.42 Å². The highest BCUT2D eigenvalue weighted by Crippen LogP contribution is 2.21. The second kappa shape index (κ2) is 5.39. The molecule has 0 atom stereocenters. The fourth-order valence-corrected chi connectivity index (χ4v) is 1.79. The summed E-state index contributed by atoms with van der Waals surface area (Å²) in [6.45, 7) is 0. The van der Waals surface area contributed by atoms with Crippen LogP contribution in [0.15, 0.2) is 41.0 Å². The number of esters is 1. The van der Waals surface area contributed by atoms with Gasteiger partial charge in [0.15, 0.2) is 0 Å². The van der Waals surface area contributed by atoms with Gasteiger partial charge < -0.3 is 14.3 Å². The SMILES string of the molecule is COC(=O)c1c(C(=O)O)coc1Cc1ccccc1. The van der Waals surface area contributed by atoms with Gasteiger partial charge in [-0.25, -0.2) is 9.59 Å². The molecule has 0 amide bonds. The summed E-state index contributed by atoms with van der Waals surface area (Å²) in [5, 5.41) is 9.02. The second-order valence-electron chi connectivity index (χ2n) is 3.91. The predicted octanol–water partition coefficient (Wildman–Crippen LogP) is 2.36. The maximum absolute atomic E-state index is 11.7. The van der Waals surface area contributed by atoms with Gasteiger partial charge in [-0.15, -0.1) is 0 Å². The van der Waals surface area contributed by atoms with Gasteiger partial charge in [0.25, 0.3) is 0 Å². The fourth-order valence-electron chi connectivity index (χ4n) is 1.79. The maximum Gasteiger partial charge on any atom is 0.342 e. The minimum atomic E-state index is -1.22. The number of carboxylic acid groups (broad SMARTS) is 1. The first-order valence-corrected chi connectivity index (χ1v) is 5.59. The van der Waals surface area contributed by atoms with Gasteiger partial charge in [0.2, 0.25) is 0 Å². The largest absolute Gasteiger partial charge is 0.478 e. The molecule has 0 saturated heterocycles. The van der Waals surface area contributed by atoms with Crippen LogP contribution in [0.25, 0.3) is 0 Å². The molecule has 0 fully saturated rings. The topological polar surface area (TPSA) is 76.7 Å². The monoisotopic (exact) mass is 260 g/mol. The molecule has 0 unspecified atom stereocenters. The Balaban J connectivity index is 2.41. The molecule has 0 aliphatic rings. The van der Waals surface area contributed by atoms with Crippen molar-refractivity contribution in [1.29, 1.82) is 0 Å². The zero-order valence-electron chi connectivity index (χ0n) is 10.3. The molecule has 1 aromatic carbocycles. The van der Waals surface area contributed by atoms with E-state index in [1.807, 2.05) is 30.3 Å². The summed E-state index contributed by atoms with van der Waals surface area (Å²) >= 11 is 0. The quantitative estimate of drug-likeness (QED) is 0.854. The Bertz CT molecular complexity index is 598. The average Bonchev–Trinajstić information content (AvgIpc) is 2.83. The van der Waals surface area contributed by atoms with Crippen LogP contribution >= 0.6 is 0 Å². The van der Waals surface area contributed by atoms with Crippen LogP contribution in [0.3, 0.4) is 0 Å². The summed E-state index contributed by atoms with van der Waals surface area (Å²) in [5.41, 5.74) is 0.704. The number of hydrogen-bond acceptors (Lipinski definition) is 4. The lowest BCUT2D eigenvalue weighted by molar-refractivity contribution is 0.0582. The molecule has 0 aliphatic carbocycles. The molecule has 1 N–H and O–H groups in total. The molecule has 2 aromatic rings. The van der Waals surface area contributed by atoms with Gasteiger partial charge in [-0.05, 0) is 5.56 Å². The Morgan fingerprint density at radius 1 is 1.26 bits per heavy atom. The minimum absolute atomic E-state index is 0.0288. The van der Waals surface area contributed by atoms with E-state index in [1.54, 1.807) is 0 Å². The van der Waals surface area contributed by atoms with E-state index in [9.17, 15) is 9.59 Å². The first-order valence-electron chi connectivity index (χ1n) is 5.59. The highest BCUT2D eigenvalue weighted by molar-refractivity contribution is 6.03. The van der Waals surface area contributed by atoms with Gasteiger partial charge in [0, 0.05) is 6.42 Å². The second-order valence-corrected chi connectivity index (χ2v) is 3.91. The summed E-state index contributed by atoms with van der Waals surface area (Å²) < 4.78 is 9.80. The smallest absolute Gasteiger partial charge is 0.342 e. The van der Waals surface area contributed by atoms with E-state index in [0.29, 0.717) is 6.42 Å². The van der Waals surface area contributed by atoms with Gasteiger partial charge in [-0.3, -0.25) is 0 Å². The molecule has 0 aliphatic heterocycles. The zero-order valence-corrected chi connectivity index (χ0v) is 10.3. The minimum Gasteiger partial charge on any atom is -0.478 e. The Labute approximate surface area is 109 Å². The maximum atomic E-state index is 11.7. The molecule has 1 aromatic heterocycles. The van der Waals surface area contributed by atoms with Gasteiger partial charge in [0.1, 0.15) is 23.2 Å². The third kappa shape index (κ3) is 2.65. The molecular weight excluding hydrogens is 248 g/mol. The van der Waals surface area contributed by atoms with Crippen LogP contribution in [-0.4, -0.2) is 24.2 Å². The molecular formula is C14H12O5.